The Morgan fingerprint density at radius 3 is 2.40 bits per heavy atom. The quantitative estimate of drug-likeness (QED) is 0.807. The van der Waals surface area contributed by atoms with Gasteiger partial charge in [0.15, 0.2) is 0 Å². The third-order valence-corrected chi connectivity index (χ3v) is 5.01. The fourth-order valence-corrected chi connectivity index (χ4v) is 3.41. The van der Waals surface area contributed by atoms with E-state index < -0.39 is 6.10 Å². The normalized spacial score (nSPS) is 18.1. The molecule has 7 heteroatoms. The summed E-state index contributed by atoms with van der Waals surface area (Å²) in [6.45, 7) is 0.121. The van der Waals surface area contributed by atoms with Crippen molar-refractivity contribution in [3.63, 3.8) is 0 Å². The van der Waals surface area contributed by atoms with Gasteiger partial charge in [0, 0.05) is 5.02 Å². The zero-order valence-electron chi connectivity index (χ0n) is 13.1. The number of nitrogens with one attached hydrogen (secondary N) is 1. The summed E-state index contributed by atoms with van der Waals surface area (Å²) in [5, 5.41) is 12.3. The number of benzene rings is 2. The minimum Gasteiger partial charge on any atom is -0.491 e. The van der Waals surface area contributed by atoms with Crippen molar-refractivity contribution in [1.82, 2.24) is 5.32 Å². The zero-order chi connectivity index (χ0) is 17.8. The van der Waals surface area contributed by atoms with Crippen LogP contribution in [-0.4, -0.2) is 28.1 Å². The van der Waals surface area contributed by atoms with Gasteiger partial charge in [-0.3, -0.25) is 14.9 Å². The predicted molar refractivity (Wildman–Crippen MR) is 97.0 cm³/mol. The van der Waals surface area contributed by atoms with Gasteiger partial charge in [-0.15, -0.1) is 0 Å². The average Bonchev–Trinajstić information content (AvgIpc) is 2.92. The molecule has 2 N–H and O–H groups in total. The molecule has 1 fully saturated rings. The van der Waals surface area contributed by atoms with Crippen LogP contribution in [-0.2, 0) is 11.2 Å². The molecule has 1 saturated heterocycles. The summed E-state index contributed by atoms with van der Waals surface area (Å²) in [5.41, 5.74) is 1.67. The Kier molecular flexibility index (Phi) is 5.63. The van der Waals surface area contributed by atoms with Crippen molar-refractivity contribution in [3.8, 4) is 5.75 Å². The highest BCUT2D eigenvalue weighted by molar-refractivity contribution is 8.15. The van der Waals surface area contributed by atoms with Gasteiger partial charge in [0.25, 0.3) is 5.24 Å². The molecule has 0 spiro atoms. The van der Waals surface area contributed by atoms with Gasteiger partial charge in [-0.2, -0.15) is 0 Å². The summed E-state index contributed by atoms with van der Waals surface area (Å²) in [6, 6.07) is 14.2. The van der Waals surface area contributed by atoms with Crippen molar-refractivity contribution in [2.24, 2.45) is 0 Å². The molecule has 2 unspecified atom stereocenters. The topological polar surface area (TPSA) is 75.6 Å². The van der Waals surface area contributed by atoms with Gasteiger partial charge in [0.1, 0.15) is 18.5 Å². The Hall–Kier alpha value is -2.02. The molecular formula is C18H16ClNO4S. The molecule has 1 aliphatic rings. The highest BCUT2D eigenvalue weighted by Crippen LogP contribution is 2.24. The average molecular weight is 378 g/mol. The number of imide groups is 1. The van der Waals surface area contributed by atoms with Crippen molar-refractivity contribution in [2.75, 3.05) is 6.61 Å². The summed E-state index contributed by atoms with van der Waals surface area (Å²) >= 11 is 6.84. The van der Waals surface area contributed by atoms with Crippen LogP contribution in [0, 0.1) is 0 Å². The van der Waals surface area contributed by atoms with Crippen LogP contribution >= 0.6 is 23.4 Å². The fraction of sp³-hybridized carbons (Fsp3) is 0.222. The van der Waals surface area contributed by atoms with Crippen LogP contribution in [0.15, 0.2) is 48.5 Å². The first-order chi connectivity index (χ1) is 12.0. The summed E-state index contributed by atoms with van der Waals surface area (Å²) < 4.78 is 5.59. The van der Waals surface area contributed by atoms with Gasteiger partial charge in [-0.25, -0.2) is 0 Å². The lowest BCUT2D eigenvalue weighted by molar-refractivity contribution is -0.118. The van der Waals surface area contributed by atoms with Crippen LogP contribution < -0.4 is 10.1 Å². The zero-order valence-corrected chi connectivity index (χ0v) is 14.7. The van der Waals surface area contributed by atoms with Crippen molar-refractivity contribution >= 4 is 34.5 Å². The van der Waals surface area contributed by atoms with E-state index in [9.17, 15) is 14.7 Å². The second-order valence-corrected chi connectivity index (χ2v) is 7.22. The Labute approximate surface area is 154 Å². The molecule has 2 atom stereocenters. The highest BCUT2D eigenvalue weighted by Gasteiger charge is 2.31. The number of carbonyl (C=O) groups excluding carboxylic acids is 2. The van der Waals surface area contributed by atoms with Crippen molar-refractivity contribution in [3.05, 3.63) is 64.7 Å². The summed E-state index contributed by atoms with van der Waals surface area (Å²) in [4.78, 5) is 22.7. The number of ether oxygens (including phenoxy) is 1. The van der Waals surface area contributed by atoms with E-state index in [0.29, 0.717) is 17.2 Å². The number of halogens is 1. The number of rotatable bonds is 6. The van der Waals surface area contributed by atoms with Gasteiger partial charge in [0.2, 0.25) is 5.91 Å². The first-order valence-electron chi connectivity index (χ1n) is 7.68. The van der Waals surface area contributed by atoms with Crippen LogP contribution in [0.1, 0.15) is 17.2 Å². The first-order valence-corrected chi connectivity index (χ1v) is 8.94. The van der Waals surface area contributed by atoms with Gasteiger partial charge in [-0.1, -0.05) is 47.6 Å². The number of amides is 2. The second kappa shape index (κ2) is 7.91. The molecule has 1 aliphatic heterocycles. The minimum absolute atomic E-state index is 0.121. The van der Waals surface area contributed by atoms with Crippen LogP contribution in [0.5, 0.6) is 5.75 Å². The lowest BCUT2D eigenvalue weighted by Crippen LogP contribution is -2.25. The van der Waals surface area contributed by atoms with E-state index in [1.54, 1.807) is 36.4 Å². The molecule has 25 heavy (non-hydrogen) atoms. The Balaban J connectivity index is 1.53. The number of carbonyl (C=O) groups is 2. The van der Waals surface area contributed by atoms with Crippen LogP contribution in [0.2, 0.25) is 5.02 Å². The van der Waals surface area contributed by atoms with Gasteiger partial charge < -0.3 is 9.84 Å². The number of aliphatic hydroxyl groups excluding tert-OH is 1. The molecule has 5 nitrogen and oxygen atoms in total. The van der Waals surface area contributed by atoms with E-state index in [2.05, 4.69) is 5.32 Å². The minimum atomic E-state index is -0.749. The van der Waals surface area contributed by atoms with Gasteiger partial charge in [-0.05, 0) is 41.8 Å². The third-order valence-electron chi connectivity index (χ3n) is 3.77. The molecule has 0 radical (unpaired) electrons. The first kappa shape index (κ1) is 17.8. The maximum absolute atomic E-state index is 11.6. The van der Waals surface area contributed by atoms with E-state index in [4.69, 9.17) is 16.3 Å². The molecule has 3 rings (SSSR count). The summed E-state index contributed by atoms with van der Waals surface area (Å²) in [5.74, 6) is 0.373. The molecule has 0 aliphatic carbocycles. The van der Waals surface area contributed by atoms with Crippen molar-refractivity contribution in [1.29, 1.82) is 0 Å². The standard InChI is InChI=1S/C18H16ClNO4S/c19-13-5-3-12(4-6-13)15(21)10-24-14-7-1-11(2-8-14)9-16-17(22)20-18(23)25-16/h1-8,15-16,21H,9-10H2,(H,20,22,23). The molecule has 0 saturated carbocycles. The highest BCUT2D eigenvalue weighted by atomic mass is 35.5. The molecule has 2 aromatic rings. The molecular weight excluding hydrogens is 362 g/mol. The maximum atomic E-state index is 11.6. The molecule has 130 valence electrons. The van der Waals surface area contributed by atoms with Crippen molar-refractivity contribution < 1.29 is 19.4 Å². The largest absolute Gasteiger partial charge is 0.491 e. The van der Waals surface area contributed by atoms with Gasteiger partial charge in [0.05, 0.1) is 5.25 Å². The number of aliphatic hydroxyl groups is 1. The van der Waals surface area contributed by atoms with Crippen LogP contribution in [0.3, 0.4) is 0 Å². The summed E-state index contributed by atoms with van der Waals surface area (Å²) in [7, 11) is 0. The smallest absolute Gasteiger partial charge is 0.286 e. The number of thioether (sulfide) groups is 1. The molecule has 0 bridgehead atoms. The van der Waals surface area contributed by atoms with E-state index >= 15 is 0 Å². The Morgan fingerprint density at radius 2 is 1.80 bits per heavy atom. The maximum Gasteiger partial charge on any atom is 0.286 e. The lowest BCUT2D eigenvalue weighted by Gasteiger charge is -2.13. The van der Waals surface area contributed by atoms with Crippen molar-refractivity contribution in [2.45, 2.75) is 17.8 Å². The van der Waals surface area contributed by atoms with Gasteiger partial charge >= 0.3 is 0 Å². The molecule has 2 amide bonds. The molecule has 0 aromatic heterocycles. The fourth-order valence-electron chi connectivity index (χ4n) is 2.42. The monoisotopic (exact) mass is 377 g/mol. The Morgan fingerprint density at radius 1 is 1.12 bits per heavy atom. The van der Waals surface area contributed by atoms with E-state index in [-0.39, 0.29) is 23.0 Å². The lowest BCUT2D eigenvalue weighted by atomic mass is 10.1. The SMILES string of the molecule is O=C1NC(=O)C(Cc2ccc(OCC(O)c3ccc(Cl)cc3)cc2)S1. The number of hydrogen-bond acceptors (Lipinski definition) is 5. The molecule has 1 heterocycles. The number of hydrogen-bond donors (Lipinski definition) is 2. The summed E-state index contributed by atoms with van der Waals surface area (Å²) in [6.07, 6.45) is -0.267. The van der Waals surface area contributed by atoms with Crippen LogP contribution in [0.25, 0.3) is 0 Å². The predicted octanol–water partition coefficient (Wildman–Crippen LogP) is 3.35. The van der Waals surface area contributed by atoms with E-state index in [0.717, 1.165) is 22.9 Å². The molecule has 2 aromatic carbocycles. The second-order valence-electron chi connectivity index (χ2n) is 5.61. The third kappa shape index (κ3) is 4.75. The van der Waals surface area contributed by atoms with Crippen LogP contribution in [0.4, 0.5) is 4.79 Å². The Bertz CT molecular complexity index is 764. The van der Waals surface area contributed by atoms with E-state index in [1.165, 1.54) is 0 Å². The van der Waals surface area contributed by atoms with E-state index in [1.807, 2.05) is 12.1 Å².